The maximum absolute atomic E-state index is 12.1. The highest BCUT2D eigenvalue weighted by molar-refractivity contribution is 6.07. The first kappa shape index (κ1) is 19.0. The van der Waals surface area contributed by atoms with E-state index in [1.807, 2.05) is 0 Å². The van der Waals surface area contributed by atoms with Crippen molar-refractivity contribution in [2.75, 3.05) is 5.32 Å². The molecule has 0 fully saturated rings. The number of nitrogens with one attached hydrogen (secondary N) is 1. The molecule has 140 valence electrons. The van der Waals surface area contributed by atoms with Gasteiger partial charge in [0.15, 0.2) is 0 Å². The second-order valence-electron chi connectivity index (χ2n) is 7.24. The predicted molar refractivity (Wildman–Crippen MR) is 115 cm³/mol. The van der Waals surface area contributed by atoms with Gasteiger partial charge in [0.25, 0.3) is 0 Å². The van der Waals surface area contributed by atoms with Crippen molar-refractivity contribution in [3.05, 3.63) is 65.5 Å². The molecular formula is C24H28N2O. The molecule has 27 heavy (non-hydrogen) atoms. The van der Waals surface area contributed by atoms with Crippen LogP contribution in [-0.2, 0) is 17.8 Å². The van der Waals surface area contributed by atoms with Crippen LogP contribution in [0.25, 0.3) is 22.0 Å². The lowest BCUT2D eigenvalue weighted by Gasteiger charge is -2.20. The van der Waals surface area contributed by atoms with Gasteiger partial charge in [-0.05, 0) is 69.1 Å². The number of aryl methyl sites for hydroxylation is 3. The molecule has 0 saturated heterocycles. The summed E-state index contributed by atoms with van der Waals surface area (Å²) in [6.07, 6.45) is 2.14. The van der Waals surface area contributed by atoms with Crippen LogP contribution in [0.4, 0.5) is 5.69 Å². The van der Waals surface area contributed by atoms with Gasteiger partial charge in [-0.15, -0.1) is 0 Å². The lowest BCUT2D eigenvalue weighted by molar-refractivity contribution is -0.116. The molecule has 0 radical (unpaired) electrons. The molecule has 0 aliphatic carbocycles. The zero-order valence-electron chi connectivity index (χ0n) is 16.9. The summed E-state index contributed by atoms with van der Waals surface area (Å²) in [5.41, 5.74) is 9.19. The third-order valence-corrected chi connectivity index (χ3v) is 5.27. The van der Waals surface area contributed by atoms with E-state index in [9.17, 15) is 4.79 Å². The van der Waals surface area contributed by atoms with Crippen LogP contribution in [0.2, 0.25) is 0 Å². The van der Waals surface area contributed by atoms with Crippen molar-refractivity contribution in [1.29, 1.82) is 0 Å². The van der Waals surface area contributed by atoms with E-state index in [2.05, 4.69) is 74.5 Å². The molecule has 0 saturated carbocycles. The van der Waals surface area contributed by atoms with Gasteiger partial charge in [0.1, 0.15) is 5.78 Å². The van der Waals surface area contributed by atoms with E-state index in [0.29, 0.717) is 6.42 Å². The van der Waals surface area contributed by atoms with Crippen molar-refractivity contribution in [2.45, 2.75) is 47.6 Å². The Labute approximate surface area is 161 Å². The third-order valence-electron chi connectivity index (χ3n) is 5.27. The second kappa shape index (κ2) is 7.43. The first-order chi connectivity index (χ1) is 12.9. The van der Waals surface area contributed by atoms with Crippen LogP contribution in [0.1, 0.15) is 36.2 Å². The fraction of sp³-hybridized carbons (Fsp3) is 0.292. The zero-order valence-corrected chi connectivity index (χ0v) is 16.9. The Balaban J connectivity index is 2.50. The molecule has 3 heteroatoms. The minimum absolute atomic E-state index is 0.169. The molecule has 1 aromatic heterocycles. The standard InChI is InChI=1S/C24H28N2O/c1-7-25-23-18(6)20(14-17(5)27)22(19-11-9-15(3)10-12-19)21-13-16(4)26(8-2)24(21)23/h7,9-13,25H,1,8,14H2,2-6H3. The smallest absolute Gasteiger partial charge is 0.134 e. The zero-order chi connectivity index (χ0) is 19.7. The number of carbonyl (C=O) groups is 1. The molecule has 2 aromatic carbocycles. The number of hydrogen-bond acceptors (Lipinski definition) is 2. The Hall–Kier alpha value is -2.81. The molecule has 0 aliphatic rings. The number of fused-ring (bicyclic) bond motifs is 1. The molecule has 0 spiro atoms. The Morgan fingerprint density at radius 3 is 2.41 bits per heavy atom. The summed E-state index contributed by atoms with van der Waals surface area (Å²) in [6, 6.07) is 10.8. The van der Waals surface area contributed by atoms with Crippen molar-refractivity contribution >= 4 is 22.4 Å². The van der Waals surface area contributed by atoms with E-state index in [0.717, 1.165) is 28.9 Å². The minimum atomic E-state index is 0.169. The van der Waals surface area contributed by atoms with Crippen molar-refractivity contribution in [3.63, 3.8) is 0 Å². The molecule has 0 unspecified atom stereocenters. The normalized spacial score (nSPS) is 11.0. The number of ketones is 1. The number of carbonyl (C=O) groups excluding carboxylic acids is 1. The Kier molecular flexibility index (Phi) is 5.22. The number of nitrogens with zero attached hydrogens (tertiary/aromatic N) is 1. The van der Waals surface area contributed by atoms with Crippen molar-refractivity contribution in [3.8, 4) is 11.1 Å². The van der Waals surface area contributed by atoms with Crippen LogP contribution in [0.3, 0.4) is 0 Å². The lowest BCUT2D eigenvalue weighted by atomic mass is 9.88. The van der Waals surface area contributed by atoms with Crippen LogP contribution in [0.5, 0.6) is 0 Å². The molecule has 3 nitrogen and oxygen atoms in total. The van der Waals surface area contributed by atoms with Gasteiger partial charge < -0.3 is 9.88 Å². The fourth-order valence-electron chi connectivity index (χ4n) is 4.02. The Morgan fingerprint density at radius 2 is 1.85 bits per heavy atom. The summed E-state index contributed by atoms with van der Waals surface area (Å²) >= 11 is 0. The van der Waals surface area contributed by atoms with Gasteiger partial charge in [-0.1, -0.05) is 36.4 Å². The van der Waals surface area contributed by atoms with E-state index >= 15 is 0 Å². The molecular weight excluding hydrogens is 332 g/mol. The summed E-state index contributed by atoms with van der Waals surface area (Å²) in [7, 11) is 0. The Morgan fingerprint density at radius 1 is 1.19 bits per heavy atom. The van der Waals surface area contributed by atoms with Gasteiger partial charge in [0, 0.05) is 24.0 Å². The number of hydrogen-bond donors (Lipinski definition) is 1. The topological polar surface area (TPSA) is 34.0 Å². The quantitative estimate of drug-likeness (QED) is 0.590. The fourth-order valence-corrected chi connectivity index (χ4v) is 4.02. The molecule has 0 aliphatic heterocycles. The predicted octanol–water partition coefficient (Wildman–Crippen LogP) is 5.94. The van der Waals surface area contributed by atoms with Crippen LogP contribution in [0.15, 0.2) is 43.1 Å². The average molecular weight is 361 g/mol. The molecule has 3 aromatic rings. The Bertz CT molecular complexity index is 1020. The minimum Gasteiger partial charge on any atom is -0.360 e. The van der Waals surface area contributed by atoms with Gasteiger partial charge >= 0.3 is 0 Å². The number of anilines is 1. The van der Waals surface area contributed by atoms with Gasteiger partial charge in [0.2, 0.25) is 0 Å². The van der Waals surface area contributed by atoms with E-state index in [1.165, 1.54) is 27.7 Å². The average Bonchev–Trinajstić information content (AvgIpc) is 2.95. The van der Waals surface area contributed by atoms with Crippen molar-refractivity contribution in [2.24, 2.45) is 0 Å². The van der Waals surface area contributed by atoms with Gasteiger partial charge in [-0.2, -0.15) is 0 Å². The van der Waals surface area contributed by atoms with Crippen molar-refractivity contribution < 1.29 is 4.79 Å². The van der Waals surface area contributed by atoms with Gasteiger partial charge in [-0.25, -0.2) is 0 Å². The first-order valence-corrected chi connectivity index (χ1v) is 9.48. The number of aromatic nitrogens is 1. The summed E-state index contributed by atoms with van der Waals surface area (Å²) in [5.74, 6) is 0.169. The summed E-state index contributed by atoms with van der Waals surface area (Å²) < 4.78 is 2.32. The van der Waals surface area contributed by atoms with E-state index < -0.39 is 0 Å². The summed E-state index contributed by atoms with van der Waals surface area (Å²) in [4.78, 5) is 12.1. The highest BCUT2D eigenvalue weighted by atomic mass is 16.1. The van der Waals surface area contributed by atoms with E-state index in [-0.39, 0.29) is 5.78 Å². The largest absolute Gasteiger partial charge is 0.360 e. The molecule has 1 heterocycles. The molecule has 3 rings (SSSR count). The van der Waals surface area contributed by atoms with Crippen LogP contribution >= 0.6 is 0 Å². The maximum Gasteiger partial charge on any atom is 0.134 e. The third kappa shape index (κ3) is 3.30. The number of Topliss-reactive ketones (excluding diaryl/α,β-unsaturated/α-hetero) is 1. The summed E-state index contributed by atoms with van der Waals surface area (Å²) in [5, 5.41) is 4.52. The molecule has 0 bridgehead atoms. The van der Waals surface area contributed by atoms with Gasteiger partial charge in [-0.3, -0.25) is 4.79 Å². The van der Waals surface area contributed by atoms with E-state index in [4.69, 9.17) is 0 Å². The van der Waals surface area contributed by atoms with Crippen LogP contribution in [0, 0.1) is 20.8 Å². The molecule has 0 atom stereocenters. The van der Waals surface area contributed by atoms with Crippen LogP contribution < -0.4 is 5.32 Å². The summed E-state index contributed by atoms with van der Waals surface area (Å²) in [6.45, 7) is 14.9. The van der Waals surface area contributed by atoms with Crippen LogP contribution in [-0.4, -0.2) is 10.4 Å². The molecule has 1 N–H and O–H groups in total. The highest BCUT2D eigenvalue weighted by Gasteiger charge is 2.22. The van der Waals surface area contributed by atoms with E-state index in [1.54, 1.807) is 13.1 Å². The van der Waals surface area contributed by atoms with Gasteiger partial charge in [0.05, 0.1) is 11.2 Å². The van der Waals surface area contributed by atoms with Crippen molar-refractivity contribution in [1.82, 2.24) is 4.57 Å². The maximum atomic E-state index is 12.1. The molecule has 0 amide bonds. The lowest BCUT2D eigenvalue weighted by Crippen LogP contribution is -2.07. The highest BCUT2D eigenvalue weighted by Crippen LogP contribution is 2.42. The number of benzene rings is 2. The monoisotopic (exact) mass is 360 g/mol. The SMILES string of the molecule is C=CNc1c(C)c(CC(C)=O)c(-c2ccc(C)cc2)c2cc(C)n(CC)c12. The second-order valence-corrected chi connectivity index (χ2v) is 7.24. The first-order valence-electron chi connectivity index (χ1n) is 9.48. The number of rotatable bonds is 6.